The third-order valence-corrected chi connectivity index (χ3v) is 3.89. The summed E-state index contributed by atoms with van der Waals surface area (Å²) < 4.78 is 0. The molecule has 1 N–H and O–H groups in total. The monoisotopic (exact) mass is 233 g/mol. The van der Waals surface area contributed by atoms with E-state index in [9.17, 15) is 5.11 Å². The number of likely N-dealkylation sites (tertiary alicyclic amines) is 1. The van der Waals surface area contributed by atoms with Crippen LogP contribution in [0.1, 0.15) is 37.7 Å². The molecule has 0 aliphatic carbocycles. The number of hydrogen-bond acceptors (Lipinski definition) is 2. The average Bonchev–Trinajstić information content (AvgIpc) is 2.72. The predicted octanol–water partition coefficient (Wildman–Crippen LogP) is 3.23. The molecule has 1 heterocycles. The van der Waals surface area contributed by atoms with Crippen LogP contribution in [0, 0.1) is 5.92 Å². The lowest BCUT2D eigenvalue weighted by Crippen LogP contribution is -2.18. The van der Waals surface area contributed by atoms with Crippen molar-refractivity contribution in [2.75, 3.05) is 20.1 Å². The molecule has 94 valence electrons. The van der Waals surface area contributed by atoms with Gasteiger partial charge in [0.25, 0.3) is 0 Å². The molecule has 0 bridgehead atoms. The summed E-state index contributed by atoms with van der Waals surface area (Å²) in [5.41, 5.74) is 1.31. The van der Waals surface area contributed by atoms with Gasteiger partial charge in [0.15, 0.2) is 0 Å². The van der Waals surface area contributed by atoms with E-state index in [1.807, 2.05) is 12.1 Å². The van der Waals surface area contributed by atoms with Crippen molar-refractivity contribution >= 4 is 0 Å². The summed E-state index contributed by atoms with van der Waals surface area (Å²) in [5.74, 6) is 1.76. The Hall–Kier alpha value is -1.02. The number of nitrogens with zero attached hydrogens (tertiary/aromatic N) is 1. The highest BCUT2D eigenvalue weighted by Gasteiger charge is 2.28. The Morgan fingerprint density at radius 2 is 2.29 bits per heavy atom. The van der Waals surface area contributed by atoms with Gasteiger partial charge in [0.05, 0.1) is 0 Å². The van der Waals surface area contributed by atoms with Crippen molar-refractivity contribution < 1.29 is 5.11 Å². The standard InChI is InChI=1S/C15H23NO/c1-3-5-15(13-8-9-16(2)11-13)12-6-4-7-14(17)10-12/h4,6-7,10,13,15,17H,3,5,8-9,11H2,1-2H3/t13-,15-/m1/s1. The molecule has 0 unspecified atom stereocenters. The van der Waals surface area contributed by atoms with Crippen LogP contribution in [0.2, 0.25) is 0 Å². The van der Waals surface area contributed by atoms with E-state index < -0.39 is 0 Å². The average molecular weight is 233 g/mol. The number of aromatic hydroxyl groups is 1. The Morgan fingerprint density at radius 3 is 2.88 bits per heavy atom. The van der Waals surface area contributed by atoms with Crippen LogP contribution in [0.25, 0.3) is 0 Å². The normalized spacial score (nSPS) is 22.8. The largest absolute Gasteiger partial charge is 0.508 e. The number of benzene rings is 1. The third kappa shape index (κ3) is 3.01. The van der Waals surface area contributed by atoms with Crippen molar-refractivity contribution in [1.82, 2.24) is 4.90 Å². The number of hydrogen-bond donors (Lipinski definition) is 1. The maximum absolute atomic E-state index is 9.61. The van der Waals surface area contributed by atoms with Crippen LogP contribution >= 0.6 is 0 Å². The highest BCUT2D eigenvalue weighted by atomic mass is 16.3. The van der Waals surface area contributed by atoms with Crippen molar-refractivity contribution in [3.63, 3.8) is 0 Å². The first kappa shape index (κ1) is 12.4. The van der Waals surface area contributed by atoms with E-state index in [4.69, 9.17) is 0 Å². The van der Waals surface area contributed by atoms with Gasteiger partial charge in [-0.15, -0.1) is 0 Å². The minimum atomic E-state index is 0.398. The lowest BCUT2D eigenvalue weighted by molar-refractivity contribution is 0.359. The molecule has 2 atom stereocenters. The molecule has 1 aliphatic heterocycles. The zero-order valence-corrected chi connectivity index (χ0v) is 10.9. The van der Waals surface area contributed by atoms with Gasteiger partial charge < -0.3 is 10.0 Å². The Morgan fingerprint density at radius 1 is 1.47 bits per heavy atom. The zero-order valence-electron chi connectivity index (χ0n) is 10.9. The quantitative estimate of drug-likeness (QED) is 0.863. The Kier molecular flexibility index (Phi) is 4.06. The van der Waals surface area contributed by atoms with E-state index in [2.05, 4.69) is 24.9 Å². The lowest BCUT2D eigenvalue weighted by Gasteiger charge is -2.23. The molecule has 2 rings (SSSR count). The summed E-state index contributed by atoms with van der Waals surface area (Å²) in [6.45, 7) is 4.65. The molecule has 0 amide bonds. The van der Waals surface area contributed by atoms with Crippen molar-refractivity contribution in [1.29, 1.82) is 0 Å². The fraction of sp³-hybridized carbons (Fsp3) is 0.600. The van der Waals surface area contributed by atoms with Crippen molar-refractivity contribution in [3.8, 4) is 5.75 Å². The van der Waals surface area contributed by atoms with Gasteiger partial charge in [0.2, 0.25) is 0 Å². The molecular weight excluding hydrogens is 210 g/mol. The van der Waals surface area contributed by atoms with E-state index >= 15 is 0 Å². The third-order valence-electron chi connectivity index (χ3n) is 3.89. The van der Waals surface area contributed by atoms with E-state index in [1.165, 1.54) is 37.9 Å². The van der Waals surface area contributed by atoms with Crippen LogP contribution in [0.4, 0.5) is 0 Å². The molecule has 2 heteroatoms. The van der Waals surface area contributed by atoms with Gasteiger partial charge in [0.1, 0.15) is 5.75 Å². The van der Waals surface area contributed by atoms with E-state index in [0.717, 1.165) is 5.92 Å². The maximum Gasteiger partial charge on any atom is 0.115 e. The van der Waals surface area contributed by atoms with Gasteiger partial charge >= 0.3 is 0 Å². The minimum Gasteiger partial charge on any atom is -0.508 e. The minimum absolute atomic E-state index is 0.398. The first-order valence-corrected chi connectivity index (χ1v) is 6.68. The van der Waals surface area contributed by atoms with Crippen molar-refractivity contribution in [2.45, 2.75) is 32.1 Å². The molecule has 0 saturated carbocycles. The molecule has 2 nitrogen and oxygen atoms in total. The Balaban J connectivity index is 2.16. The van der Waals surface area contributed by atoms with Crippen LogP contribution in [-0.2, 0) is 0 Å². The van der Waals surface area contributed by atoms with Gasteiger partial charge in [-0.2, -0.15) is 0 Å². The maximum atomic E-state index is 9.61. The molecule has 0 radical (unpaired) electrons. The van der Waals surface area contributed by atoms with Crippen LogP contribution < -0.4 is 0 Å². The lowest BCUT2D eigenvalue weighted by atomic mass is 9.82. The van der Waals surface area contributed by atoms with Crippen molar-refractivity contribution in [3.05, 3.63) is 29.8 Å². The van der Waals surface area contributed by atoms with Crippen LogP contribution in [0.15, 0.2) is 24.3 Å². The summed E-state index contributed by atoms with van der Waals surface area (Å²) in [6.07, 6.45) is 3.72. The second-order valence-corrected chi connectivity index (χ2v) is 5.30. The molecule has 1 aromatic rings. The number of rotatable bonds is 4. The number of phenols is 1. The van der Waals surface area contributed by atoms with Crippen LogP contribution in [0.3, 0.4) is 0 Å². The highest BCUT2D eigenvalue weighted by molar-refractivity contribution is 5.30. The molecular formula is C15H23NO. The summed E-state index contributed by atoms with van der Waals surface area (Å²) >= 11 is 0. The van der Waals surface area contributed by atoms with E-state index in [1.54, 1.807) is 6.07 Å². The topological polar surface area (TPSA) is 23.5 Å². The first-order valence-electron chi connectivity index (χ1n) is 6.68. The first-order chi connectivity index (χ1) is 8.20. The molecule has 1 fully saturated rings. The Labute approximate surface area is 104 Å². The zero-order chi connectivity index (χ0) is 12.3. The van der Waals surface area contributed by atoms with Crippen molar-refractivity contribution in [2.24, 2.45) is 5.92 Å². The van der Waals surface area contributed by atoms with E-state index in [-0.39, 0.29) is 0 Å². The fourth-order valence-electron chi connectivity index (χ4n) is 3.04. The molecule has 0 spiro atoms. The summed E-state index contributed by atoms with van der Waals surface area (Å²) in [6, 6.07) is 7.83. The van der Waals surface area contributed by atoms with Gasteiger partial charge in [0, 0.05) is 6.54 Å². The summed E-state index contributed by atoms with van der Waals surface area (Å²) in [5, 5.41) is 9.61. The molecule has 1 aromatic carbocycles. The number of phenolic OH excluding ortho intramolecular Hbond substituents is 1. The highest BCUT2D eigenvalue weighted by Crippen LogP contribution is 2.36. The second-order valence-electron chi connectivity index (χ2n) is 5.30. The van der Waals surface area contributed by atoms with E-state index in [0.29, 0.717) is 11.7 Å². The second kappa shape index (κ2) is 5.54. The molecule has 1 saturated heterocycles. The van der Waals surface area contributed by atoms with Gasteiger partial charge in [-0.3, -0.25) is 0 Å². The molecule has 17 heavy (non-hydrogen) atoms. The smallest absolute Gasteiger partial charge is 0.115 e. The van der Waals surface area contributed by atoms with Crippen LogP contribution in [0.5, 0.6) is 5.75 Å². The predicted molar refractivity (Wildman–Crippen MR) is 71.4 cm³/mol. The van der Waals surface area contributed by atoms with Gasteiger partial charge in [-0.25, -0.2) is 0 Å². The molecule has 0 aromatic heterocycles. The summed E-state index contributed by atoms with van der Waals surface area (Å²) in [4.78, 5) is 2.41. The van der Waals surface area contributed by atoms with Gasteiger partial charge in [-0.1, -0.05) is 25.5 Å². The SMILES string of the molecule is CCC[C@H](c1cccc(O)c1)[C@@H]1CCN(C)C1. The Bertz CT molecular complexity index is 364. The molecule has 1 aliphatic rings. The van der Waals surface area contributed by atoms with Crippen LogP contribution in [-0.4, -0.2) is 30.1 Å². The fourth-order valence-corrected chi connectivity index (χ4v) is 3.04. The summed E-state index contributed by atoms with van der Waals surface area (Å²) in [7, 11) is 2.20. The van der Waals surface area contributed by atoms with Gasteiger partial charge in [-0.05, 0) is 56.0 Å².